The predicted octanol–water partition coefficient (Wildman–Crippen LogP) is 2.16. The lowest BCUT2D eigenvalue weighted by Gasteiger charge is -2.17. The largest absolute Gasteiger partial charge is 0.493 e. The molecule has 1 aromatic carbocycles. The molecule has 1 aliphatic rings. The second-order valence-electron chi connectivity index (χ2n) is 6.51. The molecule has 1 heterocycles. The second-order valence-corrected chi connectivity index (χ2v) is 6.51. The van der Waals surface area contributed by atoms with Crippen LogP contribution >= 0.6 is 0 Å². The summed E-state index contributed by atoms with van der Waals surface area (Å²) in [5.74, 6) is 2.13. The highest BCUT2D eigenvalue weighted by molar-refractivity contribution is 5.83. The van der Waals surface area contributed by atoms with E-state index in [0.717, 1.165) is 17.0 Å². The van der Waals surface area contributed by atoms with Crippen LogP contribution in [-0.2, 0) is 0 Å². The van der Waals surface area contributed by atoms with Gasteiger partial charge in [-0.1, -0.05) is 12.8 Å². The van der Waals surface area contributed by atoms with Gasteiger partial charge in [0, 0.05) is 31.8 Å². The molecule has 0 saturated heterocycles. The van der Waals surface area contributed by atoms with Crippen LogP contribution in [-0.4, -0.2) is 55.1 Å². The number of anilines is 1. The Kier molecular flexibility index (Phi) is 5.65. The van der Waals surface area contributed by atoms with Crippen molar-refractivity contribution < 1.29 is 14.6 Å². The maximum absolute atomic E-state index is 9.86. The monoisotopic (exact) mass is 348 g/mol. The van der Waals surface area contributed by atoms with E-state index < -0.39 is 6.10 Å². The van der Waals surface area contributed by atoms with Crippen molar-refractivity contribution in [2.75, 3.05) is 39.7 Å². The number of ether oxygens (including phenoxy) is 2. The van der Waals surface area contributed by atoms with Gasteiger partial charge in [-0.25, -0.2) is 4.98 Å². The van der Waals surface area contributed by atoms with Gasteiger partial charge in [0.15, 0.2) is 11.5 Å². The molecule has 1 atom stereocenters. The minimum absolute atomic E-state index is 0.199. The Hall–Kier alpha value is -1.99. The highest BCUT2D eigenvalue weighted by Crippen LogP contribution is 2.39. The van der Waals surface area contributed by atoms with E-state index in [4.69, 9.17) is 14.5 Å². The van der Waals surface area contributed by atoms with Gasteiger partial charge >= 0.3 is 0 Å². The van der Waals surface area contributed by atoms with E-state index >= 15 is 0 Å². The molecule has 2 aromatic rings. The van der Waals surface area contributed by atoms with Crippen molar-refractivity contribution in [1.29, 1.82) is 0 Å². The molecule has 1 aliphatic carbocycles. The number of aliphatic hydroxyl groups excluding tert-OH is 1. The number of fused-ring (bicyclic) bond motifs is 1. The van der Waals surface area contributed by atoms with Gasteiger partial charge in [0.05, 0.1) is 18.1 Å². The van der Waals surface area contributed by atoms with E-state index in [1.54, 1.807) is 14.2 Å². The second kappa shape index (κ2) is 7.93. The van der Waals surface area contributed by atoms with E-state index in [0.29, 0.717) is 24.1 Å². The standard InChI is InChI=1S/C18H28N4O3/c1-19-10-13(23)11-25-17-8-14-15(9-16(17)24-3)22(18(20-2)21-14)12-6-4-5-7-12/h8-9,12-13,19,23H,4-7,10-11H2,1-3H3,(H,20,21)/t13-/m1/s1. The smallest absolute Gasteiger partial charge is 0.203 e. The van der Waals surface area contributed by atoms with Gasteiger partial charge < -0.3 is 29.8 Å². The summed E-state index contributed by atoms with van der Waals surface area (Å²) < 4.78 is 13.6. The fraction of sp³-hybridized carbons (Fsp3) is 0.611. The summed E-state index contributed by atoms with van der Waals surface area (Å²) in [6.07, 6.45) is 4.30. The average molecular weight is 348 g/mol. The molecule has 1 fully saturated rings. The summed E-state index contributed by atoms with van der Waals surface area (Å²) in [5.41, 5.74) is 1.92. The van der Waals surface area contributed by atoms with Crippen LogP contribution in [0.2, 0.25) is 0 Å². The molecule has 0 unspecified atom stereocenters. The van der Waals surface area contributed by atoms with Crippen LogP contribution in [0, 0.1) is 0 Å². The summed E-state index contributed by atoms with van der Waals surface area (Å²) in [4.78, 5) is 4.72. The molecule has 3 N–H and O–H groups in total. The van der Waals surface area contributed by atoms with Crippen LogP contribution in [0.4, 0.5) is 5.95 Å². The first-order valence-electron chi connectivity index (χ1n) is 8.91. The van der Waals surface area contributed by atoms with Crippen molar-refractivity contribution in [2.24, 2.45) is 0 Å². The maximum Gasteiger partial charge on any atom is 0.203 e. The highest BCUT2D eigenvalue weighted by atomic mass is 16.5. The van der Waals surface area contributed by atoms with Crippen molar-refractivity contribution in [3.63, 3.8) is 0 Å². The number of aromatic nitrogens is 2. The predicted molar refractivity (Wildman–Crippen MR) is 98.8 cm³/mol. The van der Waals surface area contributed by atoms with E-state index in [9.17, 15) is 5.11 Å². The maximum atomic E-state index is 9.86. The quantitative estimate of drug-likeness (QED) is 0.678. The molecule has 0 radical (unpaired) electrons. The van der Waals surface area contributed by atoms with Crippen molar-refractivity contribution in [3.8, 4) is 11.5 Å². The Balaban J connectivity index is 1.95. The Morgan fingerprint density at radius 1 is 1.28 bits per heavy atom. The number of imidazole rings is 1. The Morgan fingerprint density at radius 3 is 2.68 bits per heavy atom. The van der Waals surface area contributed by atoms with E-state index in [1.165, 1.54) is 25.7 Å². The number of aliphatic hydroxyl groups is 1. The number of hydrogen-bond donors (Lipinski definition) is 3. The number of rotatable bonds is 8. The Bertz CT molecular complexity index is 710. The number of methoxy groups -OCH3 is 1. The van der Waals surface area contributed by atoms with Crippen molar-refractivity contribution in [1.82, 2.24) is 14.9 Å². The first-order valence-corrected chi connectivity index (χ1v) is 8.91. The van der Waals surface area contributed by atoms with E-state index in [1.807, 2.05) is 19.2 Å². The molecule has 3 rings (SSSR count). The third kappa shape index (κ3) is 3.67. The SMILES string of the molecule is CNC[C@@H](O)COc1cc2nc(NC)n(C3CCCC3)c2cc1OC. The van der Waals surface area contributed by atoms with E-state index in [2.05, 4.69) is 15.2 Å². The molecule has 0 bridgehead atoms. The third-order valence-corrected chi connectivity index (χ3v) is 4.76. The lowest BCUT2D eigenvalue weighted by atomic mass is 10.2. The lowest BCUT2D eigenvalue weighted by molar-refractivity contribution is 0.106. The Labute approximate surface area is 148 Å². The summed E-state index contributed by atoms with van der Waals surface area (Å²) in [6, 6.07) is 4.36. The van der Waals surface area contributed by atoms with E-state index in [-0.39, 0.29) is 6.61 Å². The fourth-order valence-corrected chi connectivity index (χ4v) is 3.56. The molecule has 0 amide bonds. The summed E-state index contributed by atoms with van der Waals surface area (Å²) in [7, 11) is 5.33. The Morgan fingerprint density at radius 2 is 2.04 bits per heavy atom. The lowest BCUT2D eigenvalue weighted by Crippen LogP contribution is -2.29. The van der Waals surface area contributed by atoms with Crippen LogP contribution < -0.4 is 20.1 Å². The van der Waals surface area contributed by atoms with Crippen LogP contribution in [0.3, 0.4) is 0 Å². The number of likely N-dealkylation sites (N-methyl/N-ethyl adjacent to an activating group) is 1. The summed E-state index contributed by atoms with van der Waals surface area (Å²) in [6.45, 7) is 0.676. The van der Waals surface area contributed by atoms with Gasteiger partial charge in [0.25, 0.3) is 0 Å². The van der Waals surface area contributed by atoms with Crippen molar-refractivity contribution >= 4 is 17.0 Å². The molecule has 25 heavy (non-hydrogen) atoms. The zero-order valence-corrected chi connectivity index (χ0v) is 15.2. The molecule has 0 aliphatic heterocycles. The van der Waals surface area contributed by atoms with Gasteiger partial charge in [0.1, 0.15) is 12.7 Å². The number of hydrogen-bond acceptors (Lipinski definition) is 6. The first-order chi connectivity index (χ1) is 12.2. The number of nitrogens with one attached hydrogen (secondary N) is 2. The van der Waals surface area contributed by atoms with Gasteiger partial charge in [-0.3, -0.25) is 0 Å². The van der Waals surface area contributed by atoms with Gasteiger partial charge in [-0.15, -0.1) is 0 Å². The molecule has 7 nitrogen and oxygen atoms in total. The minimum Gasteiger partial charge on any atom is -0.493 e. The first kappa shape index (κ1) is 17.8. The summed E-state index contributed by atoms with van der Waals surface area (Å²) in [5, 5.41) is 16.0. The molecular weight excluding hydrogens is 320 g/mol. The molecule has 0 spiro atoms. The fourth-order valence-electron chi connectivity index (χ4n) is 3.56. The van der Waals surface area contributed by atoms with Crippen molar-refractivity contribution in [3.05, 3.63) is 12.1 Å². The minimum atomic E-state index is -0.575. The van der Waals surface area contributed by atoms with Gasteiger partial charge in [-0.05, 0) is 19.9 Å². The van der Waals surface area contributed by atoms with Gasteiger partial charge in [-0.2, -0.15) is 0 Å². The third-order valence-electron chi connectivity index (χ3n) is 4.76. The number of nitrogens with zero attached hydrogens (tertiary/aromatic N) is 2. The van der Waals surface area contributed by atoms with Crippen LogP contribution in [0.5, 0.6) is 11.5 Å². The normalized spacial score (nSPS) is 16.3. The highest BCUT2D eigenvalue weighted by Gasteiger charge is 2.23. The molecule has 7 heteroatoms. The molecule has 138 valence electrons. The van der Waals surface area contributed by atoms with Crippen LogP contribution in [0.25, 0.3) is 11.0 Å². The zero-order chi connectivity index (χ0) is 17.8. The molecule has 1 saturated carbocycles. The van der Waals surface area contributed by atoms with Crippen LogP contribution in [0.15, 0.2) is 12.1 Å². The summed E-state index contributed by atoms with van der Waals surface area (Å²) >= 11 is 0. The average Bonchev–Trinajstić information content (AvgIpc) is 3.25. The zero-order valence-electron chi connectivity index (χ0n) is 15.2. The molecular formula is C18H28N4O3. The van der Waals surface area contributed by atoms with Crippen LogP contribution in [0.1, 0.15) is 31.7 Å². The molecule has 1 aromatic heterocycles. The van der Waals surface area contributed by atoms with Crippen molar-refractivity contribution in [2.45, 2.75) is 37.8 Å². The van der Waals surface area contributed by atoms with Gasteiger partial charge in [0.2, 0.25) is 5.95 Å². The topological polar surface area (TPSA) is 80.6 Å². The number of benzene rings is 1.